The summed E-state index contributed by atoms with van der Waals surface area (Å²) in [5.41, 5.74) is -0.801. The quantitative estimate of drug-likeness (QED) is 0.326. The third kappa shape index (κ3) is 4.71. The molecule has 0 amide bonds. The van der Waals surface area contributed by atoms with Crippen molar-refractivity contribution in [3.8, 4) is 0 Å². The molecule has 2 aliphatic heterocycles. The highest BCUT2D eigenvalue weighted by Gasteiger charge is 2.59. The van der Waals surface area contributed by atoms with Gasteiger partial charge in [-0.3, -0.25) is 4.99 Å². The predicted octanol–water partition coefficient (Wildman–Crippen LogP) is 3.93. The van der Waals surface area contributed by atoms with Crippen LogP contribution in [-0.4, -0.2) is 55.9 Å². The number of halogens is 5. The maximum Gasteiger partial charge on any atom is 0.417 e. The van der Waals surface area contributed by atoms with Crippen LogP contribution in [0.5, 0.6) is 0 Å². The summed E-state index contributed by atoms with van der Waals surface area (Å²) in [4.78, 5) is 10.3. The van der Waals surface area contributed by atoms with E-state index in [-0.39, 0.29) is 40.5 Å². The Bertz CT molecular complexity index is 838. The van der Waals surface area contributed by atoms with Crippen LogP contribution in [0.1, 0.15) is 32.3 Å². The summed E-state index contributed by atoms with van der Waals surface area (Å²) in [7, 11) is 1.74. The fraction of sp³-hybridized carbons (Fsp3) is 0.700. The van der Waals surface area contributed by atoms with Crippen molar-refractivity contribution in [2.45, 2.75) is 51.1 Å². The van der Waals surface area contributed by atoms with E-state index in [1.807, 2.05) is 4.90 Å². The lowest BCUT2D eigenvalue weighted by Crippen LogP contribution is -2.68. The minimum absolute atomic E-state index is 0. The van der Waals surface area contributed by atoms with Gasteiger partial charge in [-0.15, -0.1) is 24.0 Å². The van der Waals surface area contributed by atoms with E-state index in [0.29, 0.717) is 37.0 Å². The zero-order valence-corrected chi connectivity index (χ0v) is 20.8. The average Bonchev–Trinajstić information content (AvgIpc) is 3.32. The van der Waals surface area contributed by atoms with Crippen molar-refractivity contribution in [3.63, 3.8) is 0 Å². The lowest BCUT2D eigenvalue weighted by molar-refractivity contribution is -0.137. The summed E-state index contributed by atoms with van der Waals surface area (Å²) in [5.74, 6) is 1.61. The van der Waals surface area contributed by atoms with Crippen molar-refractivity contribution in [3.05, 3.63) is 22.8 Å². The molecule has 4 rings (SSSR count). The number of alkyl halides is 3. The minimum atomic E-state index is -4.46. The second kappa shape index (κ2) is 9.09. The molecule has 2 N–H and O–H groups in total. The summed E-state index contributed by atoms with van der Waals surface area (Å²) < 4.78 is 44.4. The highest BCUT2D eigenvalue weighted by Crippen LogP contribution is 2.52. The molecule has 0 radical (unpaired) electrons. The Balaban J connectivity index is 0.00000272. The lowest BCUT2D eigenvalue weighted by Gasteiger charge is -2.55. The minimum Gasteiger partial charge on any atom is -0.377 e. The Hall–Kier alpha value is -1.01. The van der Waals surface area contributed by atoms with Crippen molar-refractivity contribution in [2.24, 2.45) is 16.3 Å². The highest BCUT2D eigenvalue weighted by molar-refractivity contribution is 14.0. The van der Waals surface area contributed by atoms with Crippen molar-refractivity contribution >= 4 is 47.4 Å². The molecule has 0 spiro atoms. The first-order valence-electron chi connectivity index (χ1n) is 10.2. The van der Waals surface area contributed by atoms with Crippen LogP contribution < -0.4 is 15.5 Å². The van der Waals surface area contributed by atoms with Gasteiger partial charge in [0.2, 0.25) is 0 Å². The molecule has 174 valence electrons. The molecule has 4 unspecified atom stereocenters. The summed E-state index contributed by atoms with van der Waals surface area (Å²) in [6.07, 6.45) is -1.47. The number of aromatic nitrogens is 1. The number of ether oxygens (including phenoxy) is 1. The van der Waals surface area contributed by atoms with Gasteiger partial charge in [0.15, 0.2) is 5.96 Å². The van der Waals surface area contributed by atoms with Gasteiger partial charge >= 0.3 is 6.18 Å². The molecular formula is C20H28ClF3IN5O. The molecule has 0 aromatic carbocycles. The van der Waals surface area contributed by atoms with Crippen LogP contribution in [0.2, 0.25) is 5.02 Å². The second-order valence-corrected chi connectivity index (χ2v) is 9.27. The first kappa shape index (κ1) is 24.6. The summed E-state index contributed by atoms with van der Waals surface area (Å²) >= 11 is 6.10. The number of anilines is 1. The van der Waals surface area contributed by atoms with Crippen LogP contribution in [0, 0.1) is 11.3 Å². The predicted molar refractivity (Wildman–Crippen MR) is 125 cm³/mol. The van der Waals surface area contributed by atoms with Crippen molar-refractivity contribution in [1.82, 2.24) is 15.6 Å². The average molecular weight is 574 g/mol. The van der Waals surface area contributed by atoms with Gasteiger partial charge in [-0.05, 0) is 18.9 Å². The topological polar surface area (TPSA) is 61.8 Å². The third-order valence-electron chi connectivity index (χ3n) is 6.59. The molecule has 31 heavy (non-hydrogen) atoms. The fourth-order valence-corrected chi connectivity index (χ4v) is 5.30. The zero-order chi connectivity index (χ0) is 21.7. The molecule has 3 fully saturated rings. The number of aliphatic imine (C=N–C) groups is 1. The van der Waals surface area contributed by atoms with Crippen LogP contribution in [0.15, 0.2) is 17.3 Å². The maximum absolute atomic E-state index is 12.8. The fourth-order valence-electron chi connectivity index (χ4n) is 5.02. The normalized spacial score (nSPS) is 29.8. The summed E-state index contributed by atoms with van der Waals surface area (Å²) in [6, 6.07) is 1.32. The Morgan fingerprint density at radius 1 is 1.32 bits per heavy atom. The van der Waals surface area contributed by atoms with E-state index in [4.69, 9.17) is 16.3 Å². The number of hydrogen-bond acceptors (Lipinski definition) is 4. The van der Waals surface area contributed by atoms with Crippen molar-refractivity contribution in [1.29, 1.82) is 0 Å². The highest BCUT2D eigenvalue weighted by atomic mass is 127. The largest absolute Gasteiger partial charge is 0.417 e. The Morgan fingerprint density at radius 2 is 2.06 bits per heavy atom. The van der Waals surface area contributed by atoms with Gasteiger partial charge in [0.25, 0.3) is 0 Å². The third-order valence-corrected chi connectivity index (χ3v) is 6.87. The molecule has 2 saturated heterocycles. The van der Waals surface area contributed by atoms with Gasteiger partial charge in [0.1, 0.15) is 5.82 Å². The maximum atomic E-state index is 12.8. The molecule has 11 heteroatoms. The molecule has 4 atom stereocenters. The van der Waals surface area contributed by atoms with Crippen LogP contribution in [0.3, 0.4) is 0 Å². The summed E-state index contributed by atoms with van der Waals surface area (Å²) in [5, 5.41) is 7.01. The van der Waals surface area contributed by atoms with E-state index >= 15 is 0 Å². The monoisotopic (exact) mass is 573 g/mol. The van der Waals surface area contributed by atoms with Crippen LogP contribution >= 0.6 is 35.6 Å². The van der Waals surface area contributed by atoms with E-state index < -0.39 is 11.7 Å². The molecule has 1 aromatic heterocycles. The molecule has 1 aromatic rings. The number of pyridine rings is 1. The number of nitrogens with zero attached hydrogens (tertiary/aromatic N) is 3. The van der Waals surface area contributed by atoms with E-state index in [9.17, 15) is 13.2 Å². The van der Waals surface area contributed by atoms with Gasteiger partial charge in [0, 0.05) is 56.4 Å². The first-order chi connectivity index (χ1) is 14.1. The van der Waals surface area contributed by atoms with Crippen molar-refractivity contribution in [2.75, 3.05) is 31.6 Å². The Morgan fingerprint density at radius 3 is 2.71 bits per heavy atom. The molecular weight excluding hydrogens is 546 g/mol. The van der Waals surface area contributed by atoms with Gasteiger partial charge in [-0.2, -0.15) is 13.2 Å². The molecule has 6 nitrogen and oxygen atoms in total. The van der Waals surface area contributed by atoms with Crippen LogP contribution in [-0.2, 0) is 10.9 Å². The van der Waals surface area contributed by atoms with E-state index in [2.05, 4.69) is 34.5 Å². The van der Waals surface area contributed by atoms with Crippen LogP contribution in [0.25, 0.3) is 0 Å². The van der Waals surface area contributed by atoms with E-state index in [0.717, 1.165) is 37.7 Å². The summed E-state index contributed by atoms with van der Waals surface area (Å²) in [6.45, 7) is 6.46. The first-order valence-corrected chi connectivity index (χ1v) is 10.6. The molecule has 0 bridgehead atoms. The van der Waals surface area contributed by atoms with Gasteiger partial charge in [-0.25, -0.2) is 4.98 Å². The second-order valence-electron chi connectivity index (χ2n) is 8.86. The molecule has 1 aliphatic carbocycles. The smallest absolute Gasteiger partial charge is 0.377 e. The molecule has 3 heterocycles. The number of rotatable bonds is 3. The van der Waals surface area contributed by atoms with Gasteiger partial charge in [-0.1, -0.05) is 25.4 Å². The Labute approximate surface area is 202 Å². The van der Waals surface area contributed by atoms with Crippen molar-refractivity contribution < 1.29 is 17.9 Å². The van der Waals surface area contributed by atoms with E-state index in [1.54, 1.807) is 7.05 Å². The number of hydrogen-bond donors (Lipinski definition) is 2. The zero-order valence-electron chi connectivity index (χ0n) is 17.7. The van der Waals surface area contributed by atoms with Gasteiger partial charge in [0.05, 0.1) is 16.7 Å². The standard InChI is InChI=1S/C20H27ClF3N5O.HI/c1-19(2)15(13-5-7-30-16(13)19)28-18(25-3)27-12-4-6-29(10-12)17-14(21)8-11(9-26-17)20(22,23)24;/h8-9,12-13,15-16H,4-7,10H2,1-3H3,(H2,25,27,28);1H. The SMILES string of the molecule is CN=C(NC1CCN(c2ncc(C(F)(F)F)cc2Cl)C1)NC1C2CCOC2C1(C)C.I. The lowest BCUT2D eigenvalue weighted by atomic mass is 9.57. The number of guanidine groups is 1. The van der Waals surface area contributed by atoms with Gasteiger partial charge < -0.3 is 20.3 Å². The van der Waals surface area contributed by atoms with Crippen LogP contribution in [0.4, 0.5) is 19.0 Å². The Kier molecular flexibility index (Phi) is 7.22. The number of fused-ring (bicyclic) bond motifs is 1. The van der Waals surface area contributed by atoms with E-state index in [1.165, 1.54) is 0 Å². The molecule has 3 aliphatic rings. The molecule has 1 saturated carbocycles. The number of nitrogens with one attached hydrogen (secondary N) is 2.